The minimum absolute atomic E-state index is 0.0543. The summed E-state index contributed by atoms with van der Waals surface area (Å²) in [5.74, 6) is 0. The number of nitrogens with zero attached hydrogens (tertiary/aromatic N) is 2. The van der Waals surface area contributed by atoms with Gasteiger partial charge in [-0.2, -0.15) is 0 Å². The van der Waals surface area contributed by atoms with Gasteiger partial charge in [-0.15, -0.1) is 0 Å². The average Bonchev–Trinajstić information content (AvgIpc) is 3.64. The predicted molar refractivity (Wildman–Crippen MR) is 281 cm³/mol. The van der Waals surface area contributed by atoms with Crippen LogP contribution in [-0.4, -0.2) is 36.6 Å². The summed E-state index contributed by atoms with van der Waals surface area (Å²) in [6.45, 7) is 34.2. The van der Waals surface area contributed by atoms with E-state index in [9.17, 15) is 0 Å². The molecule has 0 bridgehead atoms. The molecule has 8 rings (SSSR count). The van der Waals surface area contributed by atoms with Crippen molar-refractivity contribution in [1.82, 2.24) is 0 Å². The highest BCUT2D eigenvalue weighted by Crippen LogP contribution is 2.41. The topological polar surface area (TPSA) is 43.4 Å². The molecule has 2 saturated heterocycles. The van der Waals surface area contributed by atoms with E-state index in [0.717, 1.165) is 56.2 Å². The summed E-state index contributed by atoms with van der Waals surface area (Å²) in [5.41, 5.74) is 11.8. The highest BCUT2D eigenvalue weighted by molar-refractivity contribution is 6.62. The first-order valence-corrected chi connectivity index (χ1v) is 23.9. The average molecular weight is 883 g/mol. The van der Waals surface area contributed by atoms with Crippen LogP contribution in [-0.2, 0) is 29.4 Å². The molecule has 0 amide bonds. The number of rotatable bonds is 9. The second-order valence-electron chi connectivity index (χ2n) is 21.7. The van der Waals surface area contributed by atoms with Crippen LogP contribution in [0.2, 0.25) is 0 Å². The molecule has 0 unspecified atom stereocenters. The first-order chi connectivity index (χ1) is 30.9. The van der Waals surface area contributed by atoms with Crippen molar-refractivity contribution in [2.75, 3.05) is 9.80 Å². The summed E-state index contributed by atoms with van der Waals surface area (Å²) in [6, 6.07) is 52.8. The van der Waals surface area contributed by atoms with E-state index in [4.69, 9.17) is 18.6 Å². The quantitative estimate of drug-likeness (QED) is 0.135. The van der Waals surface area contributed by atoms with Crippen molar-refractivity contribution < 1.29 is 18.6 Å². The van der Waals surface area contributed by atoms with E-state index < -0.39 is 36.6 Å². The van der Waals surface area contributed by atoms with Crippen molar-refractivity contribution in [2.24, 2.45) is 0 Å². The van der Waals surface area contributed by atoms with E-state index in [2.05, 4.69) is 252 Å². The lowest BCUT2D eigenvalue weighted by Crippen LogP contribution is -2.41. The normalized spacial score (nSPS) is 17.3. The maximum Gasteiger partial charge on any atom is 0.494 e. The van der Waals surface area contributed by atoms with Gasteiger partial charge >= 0.3 is 14.2 Å². The standard InChI is InChI=1S/C56H66B2N2O4.C2H6/c1-51(2,3)41-19-31-47(32-20-41)59(49-35-23-43(24-36-49)57-61-53(7,8)54(9,10)62-57)45-27-15-39(16-28-45)40-17-29-46(30-18-40)60(48-33-21-42(22-34-48)52(4,5)6)50-37-25-44(26-38-50)58-63-55(11,12)56(13,14)64-58;1-2/h15-38H,1-14H3;1-2H3. The Morgan fingerprint density at radius 2 is 0.515 bits per heavy atom. The minimum Gasteiger partial charge on any atom is -0.399 e. The Kier molecular flexibility index (Phi) is 13.4. The maximum absolute atomic E-state index is 6.39. The van der Waals surface area contributed by atoms with Crippen molar-refractivity contribution >= 4 is 59.3 Å². The van der Waals surface area contributed by atoms with E-state index in [1.807, 2.05) is 13.8 Å². The molecule has 8 heteroatoms. The summed E-state index contributed by atoms with van der Waals surface area (Å²) in [6.07, 6.45) is 0. The Labute approximate surface area is 397 Å². The zero-order valence-corrected chi connectivity index (χ0v) is 42.5. The van der Waals surface area contributed by atoms with Gasteiger partial charge in [-0.3, -0.25) is 0 Å². The molecule has 6 aromatic rings. The molecule has 0 radical (unpaired) electrons. The lowest BCUT2D eigenvalue weighted by atomic mass is 9.79. The highest BCUT2D eigenvalue weighted by atomic mass is 16.7. The fraction of sp³-hybridized carbons (Fsp3) is 0.379. The first-order valence-electron chi connectivity index (χ1n) is 23.9. The van der Waals surface area contributed by atoms with Crippen molar-refractivity contribution in [2.45, 2.75) is 144 Å². The van der Waals surface area contributed by atoms with Crippen LogP contribution in [0.3, 0.4) is 0 Å². The molecule has 2 fully saturated rings. The fourth-order valence-electron chi connectivity index (χ4n) is 8.24. The SMILES string of the molecule is CC.CC(C)(C)c1ccc(N(c2ccc(B3OC(C)(C)C(C)(C)O3)cc2)c2ccc(-c3ccc(N(c4ccc(B5OC(C)(C)C(C)(C)O5)cc4)c4ccc(C(C)(C)C)cc4)cc3)cc2)cc1. The molecule has 2 aliphatic rings. The molecule has 66 heavy (non-hydrogen) atoms. The van der Waals surface area contributed by atoms with Crippen LogP contribution in [0.1, 0.15) is 122 Å². The van der Waals surface area contributed by atoms with Crippen LogP contribution in [0.5, 0.6) is 0 Å². The molecular weight excluding hydrogens is 810 g/mol. The van der Waals surface area contributed by atoms with Gasteiger partial charge in [0, 0.05) is 34.1 Å². The van der Waals surface area contributed by atoms with Crippen LogP contribution in [0, 0.1) is 0 Å². The smallest absolute Gasteiger partial charge is 0.399 e. The molecule has 0 saturated carbocycles. The lowest BCUT2D eigenvalue weighted by molar-refractivity contribution is 0.00578. The van der Waals surface area contributed by atoms with Gasteiger partial charge in [0.1, 0.15) is 0 Å². The number of benzene rings is 6. The molecule has 6 aromatic carbocycles. The highest BCUT2D eigenvalue weighted by Gasteiger charge is 2.52. The number of anilines is 6. The van der Waals surface area contributed by atoms with E-state index in [1.165, 1.54) is 11.1 Å². The van der Waals surface area contributed by atoms with Gasteiger partial charge in [-0.05, 0) is 172 Å². The second-order valence-corrected chi connectivity index (χ2v) is 21.7. The molecule has 0 N–H and O–H groups in total. The lowest BCUT2D eigenvalue weighted by Gasteiger charge is -2.32. The van der Waals surface area contributed by atoms with Gasteiger partial charge in [0.05, 0.1) is 22.4 Å². The van der Waals surface area contributed by atoms with E-state index in [1.54, 1.807) is 0 Å². The molecule has 2 heterocycles. The Bertz CT molecular complexity index is 2340. The van der Waals surface area contributed by atoms with Crippen molar-refractivity contribution in [3.05, 3.63) is 157 Å². The van der Waals surface area contributed by atoms with Crippen LogP contribution in [0.15, 0.2) is 146 Å². The maximum atomic E-state index is 6.39. The monoisotopic (exact) mass is 883 g/mol. The largest absolute Gasteiger partial charge is 0.494 e. The van der Waals surface area contributed by atoms with Crippen molar-refractivity contribution in [3.8, 4) is 11.1 Å². The summed E-state index contributed by atoms with van der Waals surface area (Å²) < 4.78 is 25.5. The first kappa shape index (κ1) is 48.8. The Balaban J connectivity index is 0.00000320. The van der Waals surface area contributed by atoms with E-state index in [-0.39, 0.29) is 10.8 Å². The Hall–Kier alpha value is -5.11. The minimum atomic E-state index is -0.418. The summed E-state index contributed by atoms with van der Waals surface area (Å²) in [4.78, 5) is 4.63. The van der Waals surface area contributed by atoms with Crippen LogP contribution < -0.4 is 20.7 Å². The van der Waals surface area contributed by atoms with Crippen molar-refractivity contribution in [3.63, 3.8) is 0 Å². The second kappa shape index (κ2) is 18.2. The number of hydrogen-bond donors (Lipinski definition) is 0. The van der Waals surface area contributed by atoms with Gasteiger partial charge in [0.2, 0.25) is 0 Å². The summed E-state index contributed by atoms with van der Waals surface area (Å²) in [7, 11) is -0.836. The van der Waals surface area contributed by atoms with Gasteiger partial charge in [-0.25, -0.2) is 0 Å². The zero-order chi connectivity index (χ0) is 48.0. The Morgan fingerprint density at radius 3 is 0.727 bits per heavy atom. The molecule has 0 aliphatic carbocycles. The van der Waals surface area contributed by atoms with Gasteiger partial charge in [-0.1, -0.05) is 128 Å². The zero-order valence-electron chi connectivity index (χ0n) is 42.5. The summed E-state index contributed by atoms with van der Waals surface area (Å²) >= 11 is 0. The van der Waals surface area contributed by atoms with Gasteiger partial charge in [0.25, 0.3) is 0 Å². The summed E-state index contributed by atoms with van der Waals surface area (Å²) in [5, 5.41) is 0. The number of hydrogen-bond acceptors (Lipinski definition) is 6. The van der Waals surface area contributed by atoms with Crippen LogP contribution >= 0.6 is 0 Å². The predicted octanol–water partition coefficient (Wildman–Crippen LogP) is 14.5. The molecule has 344 valence electrons. The Morgan fingerprint density at radius 1 is 0.318 bits per heavy atom. The van der Waals surface area contributed by atoms with Gasteiger partial charge in [0.15, 0.2) is 0 Å². The van der Waals surface area contributed by atoms with Crippen LogP contribution in [0.25, 0.3) is 11.1 Å². The third-order valence-electron chi connectivity index (χ3n) is 13.9. The van der Waals surface area contributed by atoms with E-state index in [0.29, 0.717) is 0 Å². The van der Waals surface area contributed by atoms with E-state index >= 15 is 0 Å². The van der Waals surface area contributed by atoms with Crippen molar-refractivity contribution in [1.29, 1.82) is 0 Å². The van der Waals surface area contributed by atoms with Gasteiger partial charge < -0.3 is 28.4 Å². The molecular formula is C58H72B2N2O4. The van der Waals surface area contributed by atoms with Crippen LogP contribution in [0.4, 0.5) is 34.1 Å². The third-order valence-corrected chi connectivity index (χ3v) is 13.9. The fourth-order valence-corrected chi connectivity index (χ4v) is 8.24. The molecule has 6 nitrogen and oxygen atoms in total. The molecule has 0 aromatic heterocycles. The molecule has 0 spiro atoms. The third kappa shape index (κ3) is 9.94. The molecule has 2 aliphatic heterocycles. The molecule has 0 atom stereocenters.